The average Bonchev–Trinajstić information content (AvgIpc) is 2.83. The maximum Gasteiger partial charge on any atom is 0.264 e. The number of halogens is 1. The highest BCUT2D eigenvalue weighted by molar-refractivity contribution is 7.92. The van der Waals surface area contributed by atoms with E-state index in [1.54, 1.807) is 48.7 Å². The number of hydrogen-bond acceptors (Lipinski definition) is 5. The van der Waals surface area contributed by atoms with Gasteiger partial charge in [0.25, 0.3) is 10.0 Å². The number of hydrogen-bond donors (Lipinski definition) is 1. The Balaban J connectivity index is 1.75. The number of carbonyl (C=O) groups is 1. The highest BCUT2D eigenvalue weighted by atomic mass is 35.5. The van der Waals surface area contributed by atoms with Gasteiger partial charge in [-0.3, -0.25) is 14.1 Å². The molecule has 0 saturated heterocycles. The number of fused-ring (bicyclic) bond motifs is 1. The third-order valence-corrected chi connectivity index (χ3v) is 7.22. The molecule has 0 bridgehead atoms. The number of sulfonamides is 1. The second-order valence-electron chi connectivity index (χ2n) is 7.57. The molecule has 9 heteroatoms. The Hall–Kier alpha value is -3.62. The molecule has 1 N–H and O–H groups in total. The van der Waals surface area contributed by atoms with Crippen LogP contribution < -0.4 is 14.4 Å². The second kappa shape index (κ2) is 9.70. The van der Waals surface area contributed by atoms with Gasteiger partial charge in [-0.25, -0.2) is 8.42 Å². The van der Waals surface area contributed by atoms with Gasteiger partial charge in [-0.15, -0.1) is 0 Å². The molecule has 4 rings (SSSR count). The quantitative estimate of drug-likeness (QED) is 0.388. The predicted octanol–water partition coefficient (Wildman–Crippen LogP) is 5.04. The SMILES string of the molecule is COc1ccc(Cl)cc1N(CC(=O)Nc1cccc2cccnc12)S(=O)(=O)c1ccc(C)cc1. The fourth-order valence-electron chi connectivity index (χ4n) is 3.52. The molecule has 1 heterocycles. The molecule has 7 nitrogen and oxygen atoms in total. The molecule has 0 aliphatic rings. The minimum absolute atomic E-state index is 0.0414. The van der Waals surface area contributed by atoms with Gasteiger partial charge in [0.2, 0.25) is 5.91 Å². The lowest BCUT2D eigenvalue weighted by atomic mass is 10.2. The monoisotopic (exact) mass is 495 g/mol. The standard InChI is InChI=1S/C25H22ClN3O4S/c1-17-8-11-20(12-9-17)34(31,32)29(22-15-19(26)10-13-23(22)33-2)16-24(30)28-21-7-3-5-18-6-4-14-27-25(18)21/h3-15H,16H2,1-2H3,(H,28,30). The molecule has 4 aromatic rings. The Kier molecular flexibility index (Phi) is 6.72. The normalized spacial score (nSPS) is 11.3. The zero-order valence-corrected chi connectivity index (χ0v) is 20.1. The van der Waals surface area contributed by atoms with Gasteiger partial charge in [-0.2, -0.15) is 0 Å². The van der Waals surface area contributed by atoms with E-state index in [1.807, 2.05) is 19.1 Å². The van der Waals surface area contributed by atoms with Crippen LogP contribution in [0, 0.1) is 6.92 Å². The molecule has 0 radical (unpaired) electrons. The van der Waals surface area contributed by atoms with Crippen LogP contribution in [0.25, 0.3) is 10.9 Å². The Morgan fingerprint density at radius 2 is 1.79 bits per heavy atom. The van der Waals surface area contributed by atoms with Crippen molar-refractivity contribution < 1.29 is 17.9 Å². The van der Waals surface area contributed by atoms with Crippen LogP contribution in [-0.4, -0.2) is 33.0 Å². The summed E-state index contributed by atoms with van der Waals surface area (Å²) in [6, 6.07) is 20.1. The lowest BCUT2D eigenvalue weighted by Crippen LogP contribution is -2.38. The maximum atomic E-state index is 13.7. The van der Waals surface area contributed by atoms with Crippen molar-refractivity contribution in [3.63, 3.8) is 0 Å². The van der Waals surface area contributed by atoms with Crippen molar-refractivity contribution in [2.24, 2.45) is 0 Å². The molecule has 34 heavy (non-hydrogen) atoms. The number of aryl methyl sites for hydroxylation is 1. The molecule has 1 amide bonds. The summed E-state index contributed by atoms with van der Waals surface area (Å²) < 4.78 is 33.7. The van der Waals surface area contributed by atoms with Gasteiger partial charge >= 0.3 is 0 Å². The number of nitrogens with one attached hydrogen (secondary N) is 1. The average molecular weight is 496 g/mol. The number of para-hydroxylation sites is 1. The second-order valence-corrected chi connectivity index (χ2v) is 9.87. The van der Waals surface area contributed by atoms with Crippen LogP contribution in [-0.2, 0) is 14.8 Å². The number of methoxy groups -OCH3 is 1. The highest BCUT2D eigenvalue weighted by Gasteiger charge is 2.30. The zero-order chi connectivity index (χ0) is 24.3. The molecular weight excluding hydrogens is 474 g/mol. The van der Waals surface area contributed by atoms with Gasteiger partial charge in [-0.1, -0.05) is 47.5 Å². The first-order valence-corrected chi connectivity index (χ1v) is 12.2. The third-order valence-electron chi connectivity index (χ3n) is 5.21. The number of ether oxygens (including phenoxy) is 1. The number of aromatic nitrogens is 1. The molecule has 0 saturated carbocycles. The van der Waals surface area contributed by atoms with Gasteiger partial charge in [0.05, 0.1) is 28.9 Å². The molecule has 3 aromatic carbocycles. The van der Waals surface area contributed by atoms with Crippen molar-refractivity contribution in [2.45, 2.75) is 11.8 Å². The molecule has 0 aliphatic carbocycles. The van der Waals surface area contributed by atoms with Crippen LogP contribution >= 0.6 is 11.6 Å². The van der Waals surface area contributed by atoms with Crippen LogP contribution in [0.15, 0.2) is 83.9 Å². The summed E-state index contributed by atoms with van der Waals surface area (Å²) in [6.07, 6.45) is 1.63. The molecule has 174 valence electrons. The zero-order valence-electron chi connectivity index (χ0n) is 18.5. The number of anilines is 2. The minimum Gasteiger partial charge on any atom is -0.495 e. The summed E-state index contributed by atoms with van der Waals surface area (Å²) in [5.41, 5.74) is 2.15. The first-order chi connectivity index (χ1) is 16.3. The summed E-state index contributed by atoms with van der Waals surface area (Å²) in [5, 5.41) is 3.94. The van der Waals surface area contributed by atoms with Crippen LogP contribution in [0.2, 0.25) is 5.02 Å². The van der Waals surface area contributed by atoms with E-state index in [-0.39, 0.29) is 16.3 Å². The van der Waals surface area contributed by atoms with Crippen molar-refractivity contribution in [1.29, 1.82) is 0 Å². The third kappa shape index (κ3) is 4.83. The fraction of sp³-hybridized carbons (Fsp3) is 0.120. The summed E-state index contributed by atoms with van der Waals surface area (Å²) >= 11 is 6.18. The molecule has 0 unspecified atom stereocenters. The number of benzene rings is 3. The van der Waals surface area contributed by atoms with Gasteiger partial charge < -0.3 is 10.1 Å². The predicted molar refractivity (Wildman–Crippen MR) is 134 cm³/mol. The van der Waals surface area contributed by atoms with Crippen LogP contribution in [0.4, 0.5) is 11.4 Å². The van der Waals surface area contributed by atoms with Gasteiger partial charge in [0.1, 0.15) is 12.3 Å². The number of pyridine rings is 1. The fourth-order valence-corrected chi connectivity index (χ4v) is 5.11. The lowest BCUT2D eigenvalue weighted by molar-refractivity contribution is -0.114. The van der Waals surface area contributed by atoms with E-state index in [9.17, 15) is 13.2 Å². The van der Waals surface area contributed by atoms with Crippen LogP contribution in [0.1, 0.15) is 5.56 Å². The Morgan fingerprint density at radius 3 is 2.53 bits per heavy atom. The maximum absolute atomic E-state index is 13.7. The van der Waals surface area contributed by atoms with Crippen LogP contribution in [0.5, 0.6) is 5.75 Å². The van der Waals surface area contributed by atoms with Crippen molar-refractivity contribution >= 4 is 49.8 Å². The van der Waals surface area contributed by atoms with E-state index in [0.29, 0.717) is 16.2 Å². The van der Waals surface area contributed by atoms with Crippen LogP contribution in [0.3, 0.4) is 0 Å². The Labute approximate surface area is 203 Å². The van der Waals surface area contributed by atoms with E-state index in [1.165, 1.54) is 25.3 Å². The van der Waals surface area contributed by atoms with Crippen molar-refractivity contribution in [1.82, 2.24) is 4.98 Å². The van der Waals surface area contributed by atoms with Crippen molar-refractivity contribution in [2.75, 3.05) is 23.3 Å². The van der Waals surface area contributed by atoms with Gasteiger partial charge in [0, 0.05) is 16.6 Å². The van der Waals surface area contributed by atoms with Crippen molar-refractivity contribution in [3.05, 3.63) is 89.6 Å². The lowest BCUT2D eigenvalue weighted by Gasteiger charge is -2.26. The summed E-state index contributed by atoms with van der Waals surface area (Å²) in [7, 11) is -2.71. The molecule has 0 atom stereocenters. The molecule has 0 aliphatic heterocycles. The first-order valence-electron chi connectivity index (χ1n) is 10.4. The largest absolute Gasteiger partial charge is 0.495 e. The minimum atomic E-state index is -4.13. The Morgan fingerprint density at radius 1 is 1.06 bits per heavy atom. The van der Waals surface area contributed by atoms with E-state index >= 15 is 0 Å². The van der Waals surface area contributed by atoms with E-state index in [0.717, 1.165) is 15.3 Å². The Bertz CT molecular complexity index is 1450. The summed E-state index contributed by atoms with van der Waals surface area (Å²) in [4.78, 5) is 17.5. The van der Waals surface area contributed by atoms with Gasteiger partial charge in [-0.05, 0) is 49.4 Å². The van der Waals surface area contributed by atoms with E-state index < -0.39 is 22.5 Å². The molecule has 0 fully saturated rings. The molecule has 1 aromatic heterocycles. The first kappa shape index (κ1) is 23.5. The van der Waals surface area contributed by atoms with E-state index in [4.69, 9.17) is 16.3 Å². The molecular formula is C25H22ClN3O4S. The highest BCUT2D eigenvalue weighted by Crippen LogP contribution is 2.35. The molecule has 0 spiro atoms. The number of nitrogens with zero attached hydrogens (tertiary/aromatic N) is 2. The summed E-state index contributed by atoms with van der Waals surface area (Å²) in [5.74, 6) is -0.282. The number of carbonyl (C=O) groups excluding carboxylic acids is 1. The van der Waals surface area contributed by atoms with E-state index in [2.05, 4.69) is 10.3 Å². The van der Waals surface area contributed by atoms with Gasteiger partial charge in [0.15, 0.2) is 0 Å². The number of amides is 1. The summed E-state index contributed by atoms with van der Waals surface area (Å²) in [6.45, 7) is 1.36. The smallest absolute Gasteiger partial charge is 0.264 e. The van der Waals surface area contributed by atoms with Crippen molar-refractivity contribution in [3.8, 4) is 5.75 Å². The number of rotatable bonds is 7. The topological polar surface area (TPSA) is 88.6 Å².